The van der Waals surface area contributed by atoms with E-state index in [-0.39, 0.29) is 36.3 Å². The number of methoxy groups -OCH3 is 1. The molecule has 0 saturated heterocycles. The van der Waals surface area contributed by atoms with E-state index in [2.05, 4.69) is 9.98 Å². The Hall–Kier alpha value is -2.43. The van der Waals surface area contributed by atoms with Crippen molar-refractivity contribution in [3.63, 3.8) is 0 Å². The lowest BCUT2D eigenvalue weighted by molar-refractivity contribution is -0.142. The number of hydrogen-bond acceptors (Lipinski definition) is 9. The van der Waals surface area contributed by atoms with Gasteiger partial charge in [0.05, 0.1) is 33.0 Å². The van der Waals surface area contributed by atoms with Crippen molar-refractivity contribution in [3.05, 3.63) is 18.0 Å². The average molecular weight is 384 g/mol. The molecule has 0 spiro atoms. The van der Waals surface area contributed by atoms with Crippen LogP contribution in [0.1, 0.15) is 12.6 Å². The molecule has 0 fully saturated rings. The van der Waals surface area contributed by atoms with E-state index in [9.17, 15) is 15.0 Å². The zero-order chi connectivity index (χ0) is 19.7. The van der Waals surface area contributed by atoms with Gasteiger partial charge in [-0.3, -0.25) is 0 Å². The molecule has 150 valence electrons. The highest BCUT2D eigenvalue weighted by Crippen LogP contribution is 2.31. The highest BCUT2D eigenvalue weighted by Gasteiger charge is 2.40. The van der Waals surface area contributed by atoms with E-state index in [4.69, 9.17) is 23.7 Å². The number of ether oxygens (including phenoxy) is 5. The summed E-state index contributed by atoms with van der Waals surface area (Å²) in [5.74, 6) is -1.25. The van der Waals surface area contributed by atoms with Crippen LogP contribution >= 0.6 is 0 Å². The molecule has 27 heavy (non-hydrogen) atoms. The van der Waals surface area contributed by atoms with Crippen molar-refractivity contribution in [2.24, 2.45) is 4.99 Å². The lowest BCUT2D eigenvalue weighted by Crippen LogP contribution is -2.34. The number of carbonyl (C=O) groups is 1. The van der Waals surface area contributed by atoms with Crippen molar-refractivity contribution in [3.8, 4) is 11.5 Å². The van der Waals surface area contributed by atoms with E-state index >= 15 is 0 Å². The summed E-state index contributed by atoms with van der Waals surface area (Å²) in [4.78, 5) is 19.2. The minimum Gasteiger partial charge on any atom is -0.503 e. The third-order valence-corrected chi connectivity index (χ3v) is 3.68. The molecular weight excluding hydrogens is 360 g/mol. The maximum atomic E-state index is 11.2. The lowest BCUT2D eigenvalue weighted by Gasteiger charge is -2.11. The van der Waals surface area contributed by atoms with Gasteiger partial charge >= 0.3 is 5.97 Å². The van der Waals surface area contributed by atoms with E-state index < -0.39 is 11.5 Å². The first kappa shape index (κ1) is 20.9. The Morgan fingerprint density at radius 3 is 2.52 bits per heavy atom. The van der Waals surface area contributed by atoms with Crippen molar-refractivity contribution < 1.29 is 38.7 Å². The SMILES string of the molecule is COCCOCCOCCOc1ccnc(C2=N[C@@](C)(C(=O)O)CO2)c1O. The number of carboxylic acid groups (broad SMARTS) is 1. The zero-order valence-corrected chi connectivity index (χ0v) is 15.3. The molecule has 1 aromatic rings. The van der Waals surface area contributed by atoms with Crippen molar-refractivity contribution in [1.29, 1.82) is 0 Å². The van der Waals surface area contributed by atoms with Crippen molar-refractivity contribution in [1.82, 2.24) is 4.98 Å². The second-order valence-electron chi connectivity index (χ2n) is 5.86. The van der Waals surface area contributed by atoms with Crippen LogP contribution in [0.15, 0.2) is 17.3 Å². The number of aliphatic imine (C=N–C) groups is 1. The fraction of sp³-hybridized carbons (Fsp3) is 0.588. The van der Waals surface area contributed by atoms with Gasteiger partial charge in [0.2, 0.25) is 5.90 Å². The van der Waals surface area contributed by atoms with Gasteiger partial charge in [-0.15, -0.1) is 0 Å². The van der Waals surface area contributed by atoms with E-state index in [1.54, 1.807) is 7.11 Å². The molecule has 1 aliphatic rings. The molecule has 10 heteroatoms. The van der Waals surface area contributed by atoms with E-state index in [0.29, 0.717) is 33.0 Å². The van der Waals surface area contributed by atoms with Gasteiger partial charge in [0.15, 0.2) is 22.7 Å². The van der Waals surface area contributed by atoms with Crippen LogP contribution in [-0.4, -0.2) is 86.0 Å². The average Bonchev–Trinajstić information content (AvgIpc) is 3.05. The predicted octanol–water partition coefficient (Wildman–Crippen LogP) is 0.466. The molecule has 2 N–H and O–H groups in total. The van der Waals surface area contributed by atoms with Crippen molar-refractivity contribution in [2.75, 3.05) is 53.4 Å². The summed E-state index contributed by atoms with van der Waals surface area (Å²) in [6.07, 6.45) is 1.41. The van der Waals surface area contributed by atoms with Gasteiger partial charge in [0.25, 0.3) is 0 Å². The number of nitrogens with zero attached hydrogens (tertiary/aromatic N) is 2. The Labute approximate surface area is 156 Å². The molecule has 0 radical (unpaired) electrons. The normalized spacial score (nSPS) is 18.8. The molecule has 10 nitrogen and oxygen atoms in total. The quantitative estimate of drug-likeness (QED) is 0.494. The van der Waals surface area contributed by atoms with Crippen molar-refractivity contribution in [2.45, 2.75) is 12.5 Å². The number of aliphatic carboxylic acids is 1. The molecule has 1 aliphatic heterocycles. The maximum absolute atomic E-state index is 11.2. The van der Waals surface area contributed by atoms with Gasteiger partial charge in [-0.05, 0) is 6.92 Å². The van der Waals surface area contributed by atoms with Crippen LogP contribution in [0.5, 0.6) is 11.5 Å². The zero-order valence-electron chi connectivity index (χ0n) is 15.3. The number of carboxylic acids is 1. The molecule has 2 heterocycles. The summed E-state index contributed by atoms with van der Waals surface area (Å²) in [7, 11) is 1.60. The summed E-state index contributed by atoms with van der Waals surface area (Å²) in [6.45, 7) is 3.71. The molecule has 0 bridgehead atoms. The van der Waals surface area contributed by atoms with Crippen LogP contribution in [0.2, 0.25) is 0 Å². The van der Waals surface area contributed by atoms with Crippen LogP contribution < -0.4 is 4.74 Å². The van der Waals surface area contributed by atoms with Crippen LogP contribution in [-0.2, 0) is 23.7 Å². The summed E-state index contributed by atoms with van der Waals surface area (Å²) >= 11 is 0. The van der Waals surface area contributed by atoms with Gasteiger partial charge in [-0.25, -0.2) is 14.8 Å². The third kappa shape index (κ3) is 5.78. The predicted molar refractivity (Wildman–Crippen MR) is 93.4 cm³/mol. The van der Waals surface area contributed by atoms with E-state index in [0.717, 1.165) is 0 Å². The molecule has 2 rings (SSSR count). The summed E-state index contributed by atoms with van der Waals surface area (Å²) in [5.41, 5.74) is -1.37. The minimum atomic E-state index is -1.40. The van der Waals surface area contributed by atoms with Gasteiger partial charge < -0.3 is 33.9 Å². The number of pyridine rings is 1. The second-order valence-corrected chi connectivity index (χ2v) is 5.86. The molecule has 0 aliphatic carbocycles. The summed E-state index contributed by atoms with van der Waals surface area (Å²) in [6, 6.07) is 1.48. The van der Waals surface area contributed by atoms with Crippen LogP contribution in [0.25, 0.3) is 0 Å². The summed E-state index contributed by atoms with van der Waals surface area (Å²) < 4.78 is 26.2. The Balaban J connectivity index is 1.83. The molecular formula is C17H24N2O8. The first-order chi connectivity index (χ1) is 13.0. The van der Waals surface area contributed by atoms with Gasteiger partial charge in [0.1, 0.15) is 13.2 Å². The molecule has 0 unspecified atom stereocenters. The first-order valence-electron chi connectivity index (χ1n) is 8.39. The molecule has 0 saturated carbocycles. The molecule has 0 aromatic carbocycles. The minimum absolute atomic E-state index is 0.0323. The van der Waals surface area contributed by atoms with Gasteiger partial charge in [-0.1, -0.05) is 0 Å². The fourth-order valence-corrected chi connectivity index (χ4v) is 2.11. The number of aromatic hydroxyl groups is 1. The molecule has 1 aromatic heterocycles. The highest BCUT2D eigenvalue weighted by molar-refractivity contribution is 5.99. The number of rotatable bonds is 12. The monoisotopic (exact) mass is 384 g/mol. The fourth-order valence-electron chi connectivity index (χ4n) is 2.11. The van der Waals surface area contributed by atoms with Gasteiger partial charge in [-0.2, -0.15) is 0 Å². The first-order valence-corrected chi connectivity index (χ1v) is 8.39. The van der Waals surface area contributed by atoms with E-state index in [1.165, 1.54) is 19.2 Å². The Kier molecular flexibility index (Phi) is 7.77. The standard InChI is InChI=1S/C17H24N2O8/c1-17(16(21)22)11-27-15(19-17)13-14(20)12(3-4-18-13)26-10-9-25-8-7-24-6-5-23-2/h3-4,20H,5-11H2,1-2H3,(H,21,22)/t17-/m1/s1. The van der Waals surface area contributed by atoms with E-state index in [1.807, 2.05) is 0 Å². The number of aromatic nitrogens is 1. The van der Waals surface area contributed by atoms with Crippen LogP contribution in [0.3, 0.4) is 0 Å². The number of hydrogen-bond donors (Lipinski definition) is 2. The Morgan fingerprint density at radius 2 is 1.89 bits per heavy atom. The third-order valence-electron chi connectivity index (χ3n) is 3.68. The molecule has 0 amide bonds. The van der Waals surface area contributed by atoms with Crippen LogP contribution in [0, 0.1) is 0 Å². The maximum Gasteiger partial charge on any atom is 0.335 e. The van der Waals surface area contributed by atoms with Crippen molar-refractivity contribution >= 4 is 11.9 Å². The Bertz CT molecular complexity index is 666. The lowest BCUT2D eigenvalue weighted by atomic mass is 10.1. The second kappa shape index (κ2) is 10.0. The topological polar surface area (TPSA) is 129 Å². The van der Waals surface area contributed by atoms with Crippen LogP contribution in [0.4, 0.5) is 0 Å². The highest BCUT2D eigenvalue weighted by atomic mass is 16.6. The smallest absolute Gasteiger partial charge is 0.335 e. The molecule has 1 atom stereocenters. The Morgan fingerprint density at radius 1 is 1.22 bits per heavy atom. The largest absolute Gasteiger partial charge is 0.503 e. The summed E-state index contributed by atoms with van der Waals surface area (Å²) in [5, 5.41) is 19.5. The van der Waals surface area contributed by atoms with Gasteiger partial charge in [0, 0.05) is 19.4 Å².